The number of carboxylic acid groups (broad SMARTS) is 1. The van der Waals surface area contributed by atoms with E-state index in [4.69, 9.17) is 0 Å². The molecule has 2 N–H and O–H groups in total. The number of urea groups is 1. The van der Waals surface area contributed by atoms with Crippen molar-refractivity contribution in [3.05, 3.63) is 29.8 Å². The molecule has 0 aliphatic carbocycles. The molecule has 6 heteroatoms. The molecule has 0 aromatic heterocycles. The fourth-order valence-corrected chi connectivity index (χ4v) is 4.17. The van der Waals surface area contributed by atoms with E-state index in [1.807, 2.05) is 23.9 Å². The van der Waals surface area contributed by atoms with Crippen molar-refractivity contribution < 1.29 is 14.7 Å². The van der Waals surface area contributed by atoms with Gasteiger partial charge in [-0.05, 0) is 31.4 Å². The zero-order valence-electron chi connectivity index (χ0n) is 12.5. The summed E-state index contributed by atoms with van der Waals surface area (Å²) >= 11 is 1.81. The molecule has 1 aromatic rings. The predicted octanol–water partition coefficient (Wildman–Crippen LogP) is 2.73. The van der Waals surface area contributed by atoms with Crippen molar-refractivity contribution in [1.82, 2.24) is 10.2 Å². The number of likely N-dealkylation sites (tertiary alicyclic amines) is 1. The first-order valence-electron chi connectivity index (χ1n) is 7.50. The van der Waals surface area contributed by atoms with Crippen LogP contribution in [0.25, 0.3) is 0 Å². The van der Waals surface area contributed by atoms with Gasteiger partial charge in [0.15, 0.2) is 0 Å². The van der Waals surface area contributed by atoms with E-state index >= 15 is 0 Å². The summed E-state index contributed by atoms with van der Waals surface area (Å²) in [5, 5.41) is 12.3. The molecule has 2 heterocycles. The molecule has 2 unspecified atom stereocenters. The SMILES string of the molecule is CC1(C(=O)O)CCN(C(=O)NC2CCSc3ccccc32)C1. The topological polar surface area (TPSA) is 69.6 Å². The minimum absolute atomic E-state index is 0.0154. The largest absolute Gasteiger partial charge is 0.481 e. The van der Waals surface area contributed by atoms with Gasteiger partial charge in [0.25, 0.3) is 0 Å². The van der Waals surface area contributed by atoms with Crippen LogP contribution in [-0.4, -0.2) is 40.8 Å². The van der Waals surface area contributed by atoms with Crippen LogP contribution in [0.1, 0.15) is 31.4 Å². The van der Waals surface area contributed by atoms with Crippen LogP contribution in [-0.2, 0) is 4.79 Å². The maximum atomic E-state index is 12.4. The van der Waals surface area contributed by atoms with Crippen LogP contribution in [0.3, 0.4) is 0 Å². The van der Waals surface area contributed by atoms with Crippen LogP contribution in [0.2, 0.25) is 0 Å². The van der Waals surface area contributed by atoms with E-state index in [0.29, 0.717) is 13.0 Å². The van der Waals surface area contributed by atoms with Crippen LogP contribution in [0.5, 0.6) is 0 Å². The Morgan fingerprint density at radius 3 is 2.91 bits per heavy atom. The van der Waals surface area contributed by atoms with Crippen LogP contribution in [0, 0.1) is 5.41 Å². The molecule has 0 radical (unpaired) electrons. The maximum Gasteiger partial charge on any atom is 0.317 e. The molecule has 2 aliphatic rings. The number of aliphatic carboxylic acids is 1. The third-order valence-electron chi connectivity index (χ3n) is 4.53. The summed E-state index contributed by atoms with van der Waals surface area (Å²) in [7, 11) is 0. The maximum absolute atomic E-state index is 12.4. The standard InChI is InChI=1S/C16H20N2O3S/c1-16(14(19)20)7-8-18(10-16)15(21)17-12-6-9-22-13-5-3-2-4-11(12)13/h2-5,12H,6-10H2,1H3,(H,17,21)(H,19,20). The molecule has 1 aromatic carbocycles. The van der Waals surface area contributed by atoms with Gasteiger partial charge in [-0.15, -0.1) is 11.8 Å². The number of hydrogen-bond acceptors (Lipinski definition) is 3. The Morgan fingerprint density at radius 1 is 1.41 bits per heavy atom. The second-order valence-electron chi connectivity index (χ2n) is 6.21. The highest BCUT2D eigenvalue weighted by molar-refractivity contribution is 7.99. The molecule has 3 rings (SSSR count). The van der Waals surface area contributed by atoms with Crippen molar-refractivity contribution in [3.63, 3.8) is 0 Å². The molecule has 22 heavy (non-hydrogen) atoms. The molecule has 1 saturated heterocycles. The number of hydrogen-bond donors (Lipinski definition) is 2. The molecule has 0 saturated carbocycles. The molecule has 2 atom stereocenters. The Bertz CT molecular complexity index is 607. The smallest absolute Gasteiger partial charge is 0.317 e. The first-order chi connectivity index (χ1) is 10.5. The van der Waals surface area contributed by atoms with Crippen molar-refractivity contribution in [2.75, 3.05) is 18.8 Å². The van der Waals surface area contributed by atoms with E-state index in [9.17, 15) is 14.7 Å². The van der Waals surface area contributed by atoms with Gasteiger partial charge < -0.3 is 15.3 Å². The second kappa shape index (κ2) is 5.83. The molecule has 1 fully saturated rings. The summed E-state index contributed by atoms with van der Waals surface area (Å²) in [6, 6.07) is 7.99. The number of nitrogens with one attached hydrogen (secondary N) is 1. The van der Waals surface area contributed by atoms with Gasteiger partial charge in [0.1, 0.15) is 0 Å². The van der Waals surface area contributed by atoms with Crippen molar-refractivity contribution in [1.29, 1.82) is 0 Å². The van der Waals surface area contributed by atoms with E-state index in [-0.39, 0.29) is 18.6 Å². The first-order valence-corrected chi connectivity index (χ1v) is 8.49. The van der Waals surface area contributed by atoms with Crippen molar-refractivity contribution in [2.45, 2.75) is 30.7 Å². The molecule has 118 valence electrons. The number of carboxylic acids is 1. The van der Waals surface area contributed by atoms with Gasteiger partial charge in [-0.2, -0.15) is 0 Å². The number of nitrogens with zero attached hydrogens (tertiary/aromatic N) is 1. The minimum Gasteiger partial charge on any atom is -0.481 e. The van der Waals surface area contributed by atoms with Gasteiger partial charge in [0, 0.05) is 23.7 Å². The Hall–Kier alpha value is -1.69. The van der Waals surface area contributed by atoms with Crippen LogP contribution in [0.4, 0.5) is 4.79 Å². The van der Waals surface area contributed by atoms with Gasteiger partial charge >= 0.3 is 12.0 Å². The highest BCUT2D eigenvalue weighted by atomic mass is 32.2. The van der Waals surface area contributed by atoms with Gasteiger partial charge in [-0.25, -0.2) is 4.79 Å². The van der Waals surface area contributed by atoms with E-state index in [0.717, 1.165) is 17.7 Å². The normalized spacial score (nSPS) is 27.3. The zero-order chi connectivity index (χ0) is 15.7. The lowest BCUT2D eigenvalue weighted by Gasteiger charge is -2.28. The van der Waals surface area contributed by atoms with E-state index < -0.39 is 11.4 Å². The number of thioether (sulfide) groups is 1. The molecule has 0 bridgehead atoms. The van der Waals surface area contributed by atoms with Gasteiger partial charge in [-0.3, -0.25) is 4.79 Å². The quantitative estimate of drug-likeness (QED) is 0.879. The second-order valence-corrected chi connectivity index (χ2v) is 7.35. The Balaban J connectivity index is 1.68. The van der Waals surface area contributed by atoms with Crippen molar-refractivity contribution in [2.24, 2.45) is 5.41 Å². The minimum atomic E-state index is -0.831. The molecule has 2 aliphatic heterocycles. The Morgan fingerprint density at radius 2 is 2.18 bits per heavy atom. The molecule has 2 amide bonds. The molecule has 5 nitrogen and oxygen atoms in total. The fraction of sp³-hybridized carbons (Fsp3) is 0.500. The van der Waals surface area contributed by atoms with E-state index in [2.05, 4.69) is 17.4 Å². The third-order valence-corrected chi connectivity index (χ3v) is 5.66. The number of carbonyl (C=O) groups is 2. The number of rotatable bonds is 2. The lowest BCUT2D eigenvalue weighted by atomic mass is 9.90. The molecular formula is C16H20N2O3S. The predicted molar refractivity (Wildman–Crippen MR) is 85.0 cm³/mol. The van der Waals surface area contributed by atoms with E-state index in [1.165, 1.54) is 4.90 Å². The number of carbonyl (C=O) groups excluding carboxylic acids is 1. The molecular weight excluding hydrogens is 300 g/mol. The summed E-state index contributed by atoms with van der Waals surface area (Å²) < 4.78 is 0. The van der Waals surface area contributed by atoms with Gasteiger partial charge in [0.2, 0.25) is 0 Å². The first kappa shape index (κ1) is 15.2. The average molecular weight is 320 g/mol. The average Bonchev–Trinajstić information content (AvgIpc) is 2.92. The summed E-state index contributed by atoms with van der Waals surface area (Å²) in [6.07, 6.45) is 1.41. The van der Waals surface area contributed by atoms with Crippen LogP contribution < -0.4 is 5.32 Å². The fourth-order valence-electron chi connectivity index (χ4n) is 3.04. The highest BCUT2D eigenvalue weighted by Crippen LogP contribution is 2.36. The van der Waals surface area contributed by atoms with Crippen molar-refractivity contribution >= 4 is 23.8 Å². The molecule has 0 spiro atoms. The number of fused-ring (bicyclic) bond motifs is 1. The van der Waals surface area contributed by atoms with Crippen LogP contribution >= 0.6 is 11.8 Å². The number of amides is 2. The number of benzene rings is 1. The third kappa shape index (κ3) is 2.79. The van der Waals surface area contributed by atoms with Gasteiger partial charge in [-0.1, -0.05) is 18.2 Å². The van der Waals surface area contributed by atoms with Gasteiger partial charge in [0.05, 0.1) is 11.5 Å². The summed E-state index contributed by atoms with van der Waals surface area (Å²) in [5.41, 5.74) is 0.338. The zero-order valence-corrected chi connectivity index (χ0v) is 13.4. The van der Waals surface area contributed by atoms with E-state index in [1.54, 1.807) is 11.8 Å². The lowest BCUT2D eigenvalue weighted by Crippen LogP contribution is -2.42. The summed E-state index contributed by atoms with van der Waals surface area (Å²) in [4.78, 5) is 26.6. The van der Waals surface area contributed by atoms with Crippen molar-refractivity contribution in [3.8, 4) is 0 Å². The Labute approximate surface area is 134 Å². The summed E-state index contributed by atoms with van der Waals surface area (Å²) in [6.45, 7) is 2.48. The van der Waals surface area contributed by atoms with Crippen LogP contribution in [0.15, 0.2) is 29.2 Å². The monoisotopic (exact) mass is 320 g/mol. The lowest BCUT2D eigenvalue weighted by molar-refractivity contribution is -0.147. The highest BCUT2D eigenvalue weighted by Gasteiger charge is 2.42. The Kier molecular flexibility index (Phi) is 4.04. The summed E-state index contributed by atoms with van der Waals surface area (Å²) in [5.74, 6) is 0.150.